The number of carbonyl (C=O) groups is 1. The second-order valence-corrected chi connectivity index (χ2v) is 3.95. The first kappa shape index (κ1) is 13.2. The van der Waals surface area contributed by atoms with Gasteiger partial charge in [0.05, 0.1) is 0 Å². The van der Waals surface area contributed by atoms with Gasteiger partial charge in [-0.25, -0.2) is 0 Å². The third-order valence-corrected chi connectivity index (χ3v) is 1.95. The predicted octanol–water partition coefficient (Wildman–Crippen LogP) is 3.32. The van der Waals surface area contributed by atoms with Crippen molar-refractivity contribution in [2.45, 2.75) is 46.5 Å². The molecule has 0 aliphatic heterocycles. The van der Waals surface area contributed by atoms with Gasteiger partial charge >= 0.3 is 5.97 Å². The molecule has 0 saturated carbocycles. The summed E-state index contributed by atoms with van der Waals surface area (Å²) in [7, 11) is 0. The Kier molecular flexibility index (Phi) is 8.30. The summed E-state index contributed by atoms with van der Waals surface area (Å²) >= 11 is 0. The summed E-state index contributed by atoms with van der Waals surface area (Å²) in [5.41, 5.74) is 0. The second-order valence-electron chi connectivity index (χ2n) is 3.95. The van der Waals surface area contributed by atoms with E-state index < -0.39 is 0 Å². The summed E-state index contributed by atoms with van der Waals surface area (Å²) in [6.07, 6.45) is 8.91. The highest BCUT2D eigenvalue weighted by molar-refractivity contribution is 5.65. The summed E-state index contributed by atoms with van der Waals surface area (Å²) < 4.78 is 4.76. The van der Waals surface area contributed by atoms with Gasteiger partial charge in [0.25, 0.3) is 0 Å². The molecule has 0 unspecified atom stereocenters. The number of rotatable bonds is 7. The second kappa shape index (κ2) is 8.79. The molecule has 14 heavy (non-hydrogen) atoms. The fourth-order valence-corrected chi connectivity index (χ4v) is 1.17. The van der Waals surface area contributed by atoms with Gasteiger partial charge in [-0.2, -0.15) is 0 Å². The van der Waals surface area contributed by atoms with Crippen LogP contribution in [0.3, 0.4) is 0 Å². The summed E-state index contributed by atoms with van der Waals surface area (Å²) in [4.78, 5) is 10.4. The fourth-order valence-electron chi connectivity index (χ4n) is 1.17. The average molecular weight is 198 g/mol. The summed E-state index contributed by atoms with van der Waals surface area (Å²) in [6.45, 7) is 6.34. The largest absolute Gasteiger partial charge is 0.462 e. The predicted molar refractivity (Wildman–Crippen MR) is 59.1 cm³/mol. The van der Waals surface area contributed by atoms with E-state index in [-0.39, 0.29) is 5.97 Å². The summed E-state index contributed by atoms with van der Waals surface area (Å²) in [5, 5.41) is 0. The highest BCUT2D eigenvalue weighted by Gasteiger charge is 1.92. The van der Waals surface area contributed by atoms with Crippen molar-refractivity contribution in [2.24, 2.45) is 5.92 Å². The lowest BCUT2D eigenvalue weighted by atomic mass is 10.1. The Hall–Kier alpha value is -0.790. The van der Waals surface area contributed by atoms with Crippen LogP contribution in [-0.2, 0) is 9.53 Å². The lowest BCUT2D eigenvalue weighted by Gasteiger charge is -2.01. The maximum atomic E-state index is 10.4. The minimum atomic E-state index is -0.213. The van der Waals surface area contributed by atoms with Gasteiger partial charge in [0.15, 0.2) is 0 Å². The Morgan fingerprint density at radius 1 is 1.29 bits per heavy atom. The Morgan fingerprint density at radius 3 is 2.57 bits per heavy atom. The number of allylic oxidation sites excluding steroid dienone is 1. The van der Waals surface area contributed by atoms with Crippen LogP contribution in [0.15, 0.2) is 12.2 Å². The minimum Gasteiger partial charge on any atom is -0.462 e. The fraction of sp³-hybridized carbons (Fsp3) is 0.750. The van der Waals surface area contributed by atoms with Gasteiger partial charge in [-0.05, 0) is 18.8 Å². The topological polar surface area (TPSA) is 26.3 Å². The van der Waals surface area contributed by atoms with Crippen molar-refractivity contribution >= 4 is 5.97 Å². The van der Waals surface area contributed by atoms with Crippen molar-refractivity contribution in [3.05, 3.63) is 12.2 Å². The molecule has 0 aromatic heterocycles. The molecule has 0 amide bonds. The highest BCUT2D eigenvalue weighted by Crippen LogP contribution is 2.08. The molecule has 2 nitrogen and oxygen atoms in total. The molecule has 0 atom stereocenters. The Morgan fingerprint density at radius 2 is 2.00 bits per heavy atom. The molecule has 0 aliphatic rings. The highest BCUT2D eigenvalue weighted by atomic mass is 16.5. The monoisotopic (exact) mass is 198 g/mol. The molecule has 0 radical (unpaired) electrons. The molecule has 0 aromatic rings. The van der Waals surface area contributed by atoms with Crippen molar-refractivity contribution in [1.29, 1.82) is 0 Å². The van der Waals surface area contributed by atoms with Crippen LogP contribution < -0.4 is 0 Å². The maximum absolute atomic E-state index is 10.4. The summed E-state index contributed by atoms with van der Waals surface area (Å²) in [6, 6.07) is 0. The van der Waals surface area contributed by atoms with Gasteiger partial charge in [0.1, 0.15) is 6.61 Å². The van der Waals surface area contributed by atoms with Crippen LogP contribution in [0.25, 0.3) is 0 Å². The molecule has 0 aromatic carbocycles. The van der Waals surface area contributed by atoms with Crippen LogP contribution in [0.2, 0.25) is 0 Å². The van der Waals surface area contributed by atoms with Crippen molar-refractivity contribution in [2.75, 3.05) is 6.61 Å². The zero-order valence-electron chi connectivity index (χ0n) is 9.58. The molecule has 82 valence electrons. The van der Waals surface area contributed by atoms with E-state index in [9.17, 15) is 4.79 Å². The maximum Gasteiger partial charge on any atom is 0.302 e. The van der Waals surface area contributed by atoms with Crippen molar-refractivity contribution in [1.82, 2.24) is 0 Å². The number of unbranched alkanes of at least 4 members (excludes halogenated alkanes) is 2. The van der Waals surface area contributed by atoms with Crippen LogP contribution in [0, 0.1) is 5.92 Å². The number of carbonyl (C=O) groups excluding carboxylic acids is 1. The third-order valence-electron chi connectivity index (χ3n) is 1.95. The molecular weight excluding hydrogens is 176 g/mol. The van der Waals surface area contributed by atoms with E-state index in [4.69, 9.17) is 4.74 Å². The van der Waals surface area contributed by atoms with E-state index in [1.807, 2.05) is 6.08 Å². The molecule has 0 rings (SSSR count). The van der Waals surface area contributed by atoms with Gasteiger partial charge in [-0.3, -0.25) is 4.79 Å². The van der Waals surface area contributed by atoms with E-state index >= 15 is 0 Å². The molecule has 2 heteroatoms. The first-order valence-electron chi connectivity index (χ1n) is 5.41. The van der Waals surface area contributed by atoms with Gasteiger partial charge < -0.3 is 4.74 Å². The van der Waals surface area contributed by atoms with Crippen LogP contribution >= 0.6 is 0 Å². The first-order valence-corrected chi connectivity index (χ1v) is 5.41. The number of ether oxygens (including phenoxy) is 1. The Bertz CT molecular complexity index is 171. The zero-order valence-corrected chi connectivity index (χ0v) is 9.58. The van der Waals surface area contributed by atoms with Crippen molar-refractivity contribution in [3.8, 4) is 0 Å². The van der Waals surface area contributed by atoms with E-state index in [1.165, 1.54) is 26.2 Å². The quantitative estimate of drug-likeness (QED) is 0.356. The molecular formula is C12H22O2. The molecule has 0 spiro atoms. The van der Waals surface area contributed by atoms with E-state index in [1.54, 1.807) is 0 Å². The van der Waals surface area contributed by atoms with E-state index in [0.29, 0.717) is 6.61 Å². The van der Waals surface area contributed by atoms with Crippen LogP contribution in [0.1, 0.15) is 46.5 Å². The molecule has 0 aliphatic carbocycles. The molecule has 0 saturated heterocycles. The van der Waals surface area contributed by atoms with Gasteiger partial charge in [-0.15, -0.1) is 0 Å². The molecule has 0 heterocycles. The molecule has 0 fully saturated rings. The molecule has 0 N–H and O–H groups in total. The van der Waals surface area contributed by atoms with Crippen molar-refractivity contribution in [3.63, 3.8) is 0 Å². The first-order chi connectivity index (χ1) is 6.63. The Balaban J connectivity index is 3.15. The lowest BCUT2D eigenvalue weighted by molar-refractivity contribution is -0.139. The number of hydrogen-bond donors (Lipinski definition) is 0. The van der Waals surface area contributed by atoms with Crippen LogP contribution in [0.5, 0.6) is 0 Å². The zero-order chi connectivity index (χ0) is 10.8. The average Bonchev–Trinajstić information content (AvgIpc) is 2.08. The Labute approximate surface area is 87.3 Å². The van der Waals surface area contributed by atoms with E-state index in [2.05, 4.69) is 19.9 Å². The van der Waals surface area contributed by atoms with Gasteiger partial charge in [0.2, 0.25) is 0 Å². The van der Waals surface area contributed by atoms with Crippen LogP contribution in [0.4, 0.5) is 0 Å². The lowest BCUT2D eigenvalue weighted by Crippen LogP contribution is -1.97. The molecule has 0 bridgehead atoms. The summed E-state index contributed by atoms with van der Waals surface area (Å²) in [5.74, 6) is 0.592. The van der Waals surface area contributed by atoms with Gasteiger partial charge in [0, 0.05) is 6.92 Å². The van der Waals surface area contributed by atoms with E-state index in [0.717, 1.165) is 12.3 Å². The smallest absolute Gasteiger partial charge is 0.302 e. The minimum absolute atomic E-state index is 0.213. The van der Waals surface area contributed by atoms with Gasteiger partial charge in [-0.1, -0.05) is 38.8 Å². The third kappa shape index (κ3) is 11.2. The normalized spacial score (nSPS) is 11.1. The number of hydrogen-bond acceptors (Lipinski definition) is 2. The number of esters is 1. The standard InChI is InChI=1S/C12H22O2/c1-11(2)9-7-5-4-6-8-10-14-12(3)13/h6,8,11H,4-5,7,9-10H2,1-3H3/b8-6+. The SMILES string of the molecule is CC(=O)OC/C=C/CCCCC(C)C. The van der Waals surface area contributed by atoms with Crippen molar-refractivity contribution < 1.29 is 9.53 Å². The van der Waals surface area contributed by atoms with Crippen LogP contribution in [-0.4, -0.2) is 12.6 Å².